The van der Waals surface area contributed by atoms with Gasteiger partial charge in [0.2, 0.25) is 0 Å². The van der Waals surface area contributed by atoms with Gasteiger partial charge in [-0.15, -0.1) is 11.3 Å². The highest BCUT2D eigenvalue weighted by Crippen LogP contribution is 2.33. The number of hydrogen-bond acceptors (Lipinski definition) is 4. The molecule has 0 amide bonds. The molecule has 0 aliphatic heterocycles. The van der Waals surface area contributed by atoms with Crippen LogP contribution in [0.15, 0.2) is 106 Å². The highest BCUT2D eigenvalue weighted by Gasteiger charge is 2.17. The molecule has 0 saturated heterocycles. The number of thioether (sulfide) groups is 1. The standard InChI is InChI=1S/C28H21ClN2OS2/c29-23-15-13-22(14-16-23)24-19-33-26-25(24)27(32)31(17-7-12-20-8-3-1-4-9-20)28(30-26)34-18-21-10-5-2-6-11-21/h1-16,19H,17-18H2. The van der Waals surface area contributed by atoms with Crippen molar-refractivity contribution in [1.82, 2.24) is 9.55 Å². The molecule has 5 aromatic rings. The van der Waals surface area contributed by atoms with Gasteiger partial charge in [0.15, 0.2) is 5.16 Å². The molecule has 0 fully saturated rings. The lowest BCUT2D eigenvalue weighted by atomic mass is 10.1. The molecule has 0 radical (unpaired) electrons. The maximum atomic E-state index is 13.8. The van der Waals surface area contributed by atoms with Gasteiger partial charge in [0.25, 0.3) is 5.56 Å². The summed E-state index contributed by atoms with van der Waals surface area (Å²) in [6.45, 7) is 0.448. The molecule has 34 heavy (non-hydrogen) atoms. The number of hydrogen-bond donors (Lipinski definition) is 0. The van der Waals surface area contributed by atoms with Crippen LogP contribution in [0.4, 0.5) is 0 Å². The Balaban J connectivity index is 1.56. The minimum Gasteiger partial charge on any atom is -0.283 e. The van der Waals surface area contributed by atoms with Gasteiger partial charge in [-0.2, -0.15) is 0 Å². The third-order valence-corrected chi connectivity index (χ3v) is 7.59. The van der Waals surface area contributed by atoms with Crippen LogP contribution in [0.1, 0.15) is 11.1 Å². The molecule has 3 aromatic carbocycles. The predicted octanol–water partition coefficient (Wildman–Crippen LogP) is 7.78. The zero-order chi connectivity index (χ0) is 23.3. The summed E-state index contributed by atoms with van der Waals surface area (Å²) in [4.78, 5) is 19.5. The molecule has 2 heterocycles. The Labute approximate surface area is 211 Å². The molecular formula is C28H21ClN2OS2. The number of nitrogens with zero attached hydrogens (tertiary/aromatic N) is 2. The summed E-state index contributed by atoms with van der Waals surface area (Å²) in [5, 5.41) is 4.07. The van der Waals surface area contributed by atoms with Crippen molar-refractivity contribution < 1.29 is 0 Å². The first-order chi connectivity index (χ1) is 16.7. The van der Waals surface area contributed by atoms with E-state index < -0.39 is 0 Å². The van der Waals surface area contributed by atoms with Crippen molar-refractivity contribution in [2.45, 2.75) is 17.5 Å². The number of halogens is 1. The molecule has 2 aromatic heterocycles. The van der Waals surface area contributed by atoms with Crippen LogP contribution in [0.25, 0.3) is 27.4 Å². The molecule has 6 heteroatoms. The second-order valence-corrected chi connectivity index (χ2v) is 9.97. The summed E-state index contributed by atoms with van der Waals surface area (Å²) in [6.07, 6.45) is 4.06. The number of fused-ring (bicyclic) bond motifs is 1. The van der Waals surface area contributed by atoms with Crippen LogP contribution in [-0.2, 0) is 12.3 Å². The normalized spacial score (nSPS) is 11.4. The Bertz CT molecular complexity index is 1490. The number of allylic oxidation sites excluding steroid dienone is 1. The maximum Gasteiger partial charge on any atom is 0.263 e. The fourth-order valence-electron chi connectivity index (χ4n) is 3.70. The van der Waals surface area contributed by atoms with E-state index in [1.165, 1.54) is 16.9 Å². The van der Waals surface area contributed by atoms with Crippen molar-refractivity contribution in [2.75, 3.05) is 0 Å². The highest BCUT2D eigenvalue weighted by atomic mass is 35.5. The molecule has 168 valence electrons. The van der Waals surface area contributed by atoms with Crippen molar-refractivity contribution in [1.29, 1.82) is 0 Å². The van der Waals surface area contributed by atoms with Crippen LogP contribution in [0.3, 0.4) is 0 Å². The first-order valence-corrected chi connectivity index (χ1v) is 13.1. The van der Waals surface area contributed by atoms with Crippen molar-refractivity contribution in [3.63, 3.8) is 0 Å². The van der Waals surface area contributed by atoms with E-state index in [2.05, 4.69) is 12.1 Å². The second kappa shape index (κ2) is 10.4. The van der Waals surface area contributed by atoms with Gasteiger partial charge in [-0.3, -0.25) is 9.36 Å². The van der Waals surface area contributed by atoms with E-state index in [4.69, 9.17) is 16.6 Å². The Morgan fingerprint density at radius 2 is 1.65 bits per heavy atom. The van der Waals surface area contributed by atoms with Gasteiger partial charge in [0.05, 0.1) is 5.39 Å². The van der Waals surface area contributed by atoms with Crippen LogP contribution < -0.4 is 5.56 Å². The summed E-state index contributed by atoms with van der Waals surface area (Å²) in [6, 6.07) is 27.9. The quantitative estimate of drug-likeness (QED) is 0.169. The van der Waals surface area contributed by atoms with Crippen molar-refractivity contribution in [3.05, 3.63) is 123 Å². The maximum absolute atomic E-state index is 13.8. The SMILES string of the molecule is O=c1c2c(-c3ccc(Cl)cc3)csc2nc(SCc2ccccc2)n1CC=Cc1ccccc1. The van der Waals surface area contributed by atoms with E-state index in [-0.39, 0.29) is 5.56 Å². The Morgan fingerprint density at radius 1 is 0.941 bits per heavy atom. The van der Waals surface area contributed by atoms with Gasteiger partial charge in [-0.1, -0.05) is 108 Å². The lowest BCUT2D eigenvalue weighted by Gasteiger charge is -2.11. The second-order valence-electron chi connectivity index (χ2n) is 7.73. The van der Waals surface area contributed by atoms with E-state index >= 15 is 0 Å². The molecule has 0 bridgehead atoms. The third-order valence-electron chi connectivity index (χ3n) is 5.42. The Hall–Kier alpha value is -3.12. The van der Waals surface area contributed by atoms with E-state index in [0.29, 0.717) is 17.0 Å². The van der Waals surface area contributed by atoms with Crippen LogP contribution >= 0.6 is 34.7 Å². The van der Waals surface area contributed by atoms with Crippen molar-refractivity contribution >= 4 is 51.0 Å². The average Bonchev–Trinajstić information content (AvgIpc) is 3.30. The number of benzene rings is 3. The minimum atomic E-state index is -0.0236. The van der Waals surface area contributed by atoms with Crippen LogP contribution in [0.2, 0.25) is 5.02 Å². The molecule has 0 spiro atoms. The van der Waals surface area contributed by atoms with Gasteiger partial charge in [-0.25, -0.2) is 4.98 Å². The van der Waals surface area contributed by atoms with Gasteiger partial charge in [0.1, 0.15) is 4.83 Å². The molecule has 0 unspecified atom stereocenters. The summed E-state index contributed by atoms with van der Waals surface area (Å²) in [5.74, 6) is 0.747. The molecular weight excluding hydrogens is 480 g/mol. The lowest BCUT2D eigenvalue weighted by Crippen LogP contribution is -2.22. The summed E-state index contributed by atoms with van der Waals surface area (Å²) in [7, 11) is 0. The first kappa shape index (κ1) is 22.7. The van der Waals surface area contributed by atoms with E-state index in [9.17, 15) is 4.79 Å². The monoisotopic (exact) mass is 500 g/mol. The van der Waals surface area contributed by atoms with Crippen LogP contribution in [-0.4, -0.2) is 9.55 Å². The highest BCUT2D eigenvalue weighted by molar-refractivity contribution is 7.98. The summed E-state index contributed by atoms with van der Waals surface area (Å²) >= 11 is 9.17. The third kappa shape index (κ3) is 5.02. The molecule has 0 saturated carbocycles. The fourth-order valence-corrected chi connectivity index (χ4v) is 5.78. The lowest BCUT2D eigenvalue weighted by molar-refractivity contribution is 0.673. The number of thiophene rings is 1. The van der Waals surface area contributed by atoms with Crippen LogP contribution in [0, 0.1) is 0 Å². The van der Waals surface area contributed by atoms with Gasteiger partial charge in [0, 0.05) is 28.3 Å². The molecule has 5 rings (SSSR count). The molecule has 0 aliphatic rings. The topological polar surface area (TPSA) is 34.9 Å². The van der Waals surface area contributed by atoms with E-state index in [1.54, 1.807) is 16.3 Å². The Morgan fingerprint density at radius 3 is 2.38 bits per heavy atom. The van der Waals surface area contributed by atoms with Gasteiger partial charge in [-0.05, 0) is 28.8 Å². The van der Waals surface area contributed by atoms with Crippen LogP contribution in [0.5, 0.6) is 0 Å². The first-order valence-electron chi connectivity index (χ1n) is 10.9. The minimum absolute atomic E-state index is 0.0236. The van der Waals surface area contributed by atoms with Crippen molar-refractivity contribution in [2.24, 2.45) is 0 Å². The average molecular weight is 501 g/mol. The Kier molecular flexibility index (Phi) is 6.95. The van der Waals surface area contributed by atoms with Gasteiger partial charge < -0.3 is 0 Å². The summed E-state index contributed by atoms with van der Waals surface area (Å²) in [5.41, 5.74) is 4.13. The zero-order valence-corrected chi connectivity index (χ0v) is 20.6. The fraction of sp³-hybridized carbons (Fsp3) is 0.0714. The van der Waals surface area contributed by atoms with E-state index in [1.807, 2.05) is 90.3 Å². The number of aromatic nitrogens is 2. The largest absolute Gasteiger partial charge is 0.283 e. The smallest absolute Gasteiger partial charge is 0.263 e. The van der Waals surface area contributed by atoms with Gasteiger partial charge >= 0.3 is 0 Å². The molecule has 0 atom stereocenters. The predicted molar refractivity (Wildman–Crippen MR) is 146 cm³/mol. The molecule has 0 aliphatic carbocycles. The van der Waals surface area contributed by atoms with Crippen molar-refractivity contribution in [3.8, 4) is 11.1 Å². The molecule has 3 nitrogen and oxygen atoms in total. The zero-order valence-electron chi connectivity index (χ0n) is 18.2. The summed E-state index contributed by atoms with van der Waals surface area (Å²) < 4.78 is 1.78. The molecule has 0 N–H and O–H groups in total. The number of rotatable bonds is 7. The van der Waals surface area contributed by atoms with E-state index in [0.717, 1.165) is 32.4 Å².